The van der Waals surface area contributed by atoms with Gasteiger partial charge in [0.25, 0.3) is 0 Å². The van der Waals surface area contributed by atoms with Crippen LogP contribution in [0.1, 0.15) is 38.2 Å². The van der Waals surface area contributed by atoms with Crippen molar-refractivity contribution < 1.29 is 4.74 Å². The van der Waals surface area contributed by atoms with Crippen LogP contribution in [0.2, 0.25) is 0 Å². The molecule has 0 fully saturated rings. The van der Waals surface area contributed by atoms with Gasteiger partial charge < -0.3 is 10.2 Å². The number of unbranched alkanes of at least 4 members (excludes halogenated alkanes) is 2. The lowest BCUT2D eigenvalue weighted by atomic mass is 10.0. The van der Waals surface area contributed by atoms with Gasteiger partial charge in [0.2, 0.25) is 0 Å². The molecule has 1 aromatic rings. The van der Waals surface area contributed by atoms with Crippen molar-refractivity contribution in [2.24, 2.45) is 11.8 Å². The van der Waals surface area contributed by atoms with Gasteiger partial charge in [-0.05, 0) is 54.8 Å². The number of hydrazine groups is 2. The lowest BCUT2D eigenvalue weighted by molar-refractivity contribution is 0.414. The topological polar surface area (TPSA) is 50.5 Å². The second kappa shape index (κ2) is 8.32. The first-order chi connectivity index (χ1) is 10.2. The van der Waals surface area contributed by atoms with E-state index in [1.165, 1.54) is 36.2 Å². The van der Waals surface area contributed by atoms with E-state index in [1.54, 1.807) is 23.6 Å². The highest BCUT2D eigenvalue weighted by Gasteiger charge is 2.17. The van der Waals surface area contributed by atoms with Gasteiger partial charge in [0.15, 0.2) is 0 Å². The Kier molecular flexibility index (Phi) is 6.42. The highest BCUT2D eigenvalue weighted by Crippen LogP contribution is 2.31. The van der Waals surface area contributed by atoms with Crippen LogP contribution in [-0.2, 0) is 6.42 Å². The van der Waals surface area contributed by atoms with E-state index < -0.39 is 0 Å². The third kappa shape index (κ3) is 5.26. The molecule has 3 N–H and O–H groups in total. The molecule has 1 aromatic carbocycles. The number of methoxy groups -OCH3 is 1. The number of aryl methyl sites for hydroxylation is 1. The molecular formula is C16H25N3OS. The lowest BCUT2D eigenvalue weighted by Crippen LogP contribution is -2.30. The zero-order valence-electron chi connectivity index (χ0n) is 12.8. The number of hydrogen-bond donors (Lipinski definition) is 2. The number of rotatable bonds is 8. The molecule has 1 aliphatic rings. The smallest absolute Gasteiger partial charge is 0.118 e. The summed E-state index contributed by atoms with van der Waals surface area (Å²) in [5.41, 5.74) is 4.37. The number of nitrogens with two attached hydrogens (primary N) is 1. The maximum absolute atomic E-state index is 5.65. The number of hydrogen-bond acceptors (Lipinski definition) is 5. The Bertz CT molecular complexity index is 461. The third-order valence-corrected chi connectivity index (χ3v) is 4.82. The molecule has 0 spiro atoms. The van der Waals surface area contributed by atoms with E-state index in [0.717, 1.165) is 12.2 Å². The quantitative estimate of drug-likeness (QED) is 0.436. The Labute approximate surface area is 131 Å². The first-order valence-corrected chi connectivity index (χ1v) is 8.28. The average Bonchev–Trinajstić information content (AvgIpc) is 2.94. The second-order valence-corrected chi connectivity index (χ2v) is 6.49. The molecule has 1 atom stereocenters. The van der Waals surface area contributed by atoms with Crippen molar-refractivity contribution in [3.63, 3.8) is 0 Å². The first-order valence-electron chi connectivity index (χ1n) is 7.51. The zero-order chi connectivity index (χ0) is 15.1. The van der Waals surface area contributed by atoms with Gasteiger partial charge in [0.1, 0.15) is 5.75 Å². The molecule has 21 heavy (non-hydrogen) atoms. The minimum atomic E-state index is 0.581. The van der Waals surface area contributed by atoms with Crippen LogP contribution >= 0.6 is 11.9 Å². The van der Waals surface area contributed by atoms with Gasteiger partial charge in [-0.2, -0.15) is 0 Å². The molecule has 0 saturated heterocycles. The summed E-state index contributed by atoms with van der Waals surface area (Å²) >= 11 is 1.59. The van der Waals surface area contributed by atoms with Crippen LogP contribution in [0.5, 0.6) is 5.75 Å². The number of nitrogens with one attached hydrogen (secondary N) is 1. The number of nitrogens with zero attached hydrogens (tertiary/aromatic N) is 1. The van der Waals surface area contributed by atoms with Crippen molar-refractivity contribution in [1.82, 2.24) is 9.95 Å². The maximum atomic E-state index is 5.65. The molecule has 1 aliphatic heterocycles. The van der Waals surface area contributed by atoms with E-state index in [4.69, 9.17) is 10.6 Å². The van der Waals surface area contributed by atoms with E-state index in [-0.39, 0.29) is 0 Å². The standard InChI is InChI=1S/C16H25N3OS/c1-13(16-12-18-19(17)21-16)6-4-3-5-7-14-8-10-15(20-2)11-9-14/h8-13,18H,3-7,17H2,1-2H3. The Balaban J connectivity index is 1.59. The highest BCUT2D eigenvalue weighted by atomic mass is 32.2. The highest BCUT2D eigenvalue weighted by molar-refractivity contribution is 8.00. The Morgan fingerprint density at radius 2 is 2.00 bits per heavy atom. The molecule has 1 heterocycles. The maximum Gasteiger partial charge on any atom is 0.118 e. The summed E-state index contributed by atoms with van der Waals surface area (Å²) in [7, 11) is 1.70. The minimum absolute atomic E-state index is 0.581. The summed E-state index contributed by atoms with van der Waals surface area (Å²) in [5.74, 6) is 7.16. The Hall–Kier alpha value is -1.17. The van der Waals surface area contributed by atoms with Crippen LogP contribution in [0.15, 0.2) is 35.4 Å². The predicted molar refractivity (Wildman–Crippen MR) is 89.2 cm³/mol. The average molecular weight is 307 g/mol. The van der Waals surface area contributed by atoms with Crippen molar-refractivity contribution in [2.75, 3.05) is 7.11 Å². The molecule has 0 saturated carbocycles. The Morgan fingerprint density at radius 3 is 2.62 bits per heavy atom. The second-order valence-electron chi connectivity index (χ2n) is 5.44. The molecule has 0 aliphatic carbocycles. The van der Waals surface area contributed by atoms with Gasteiger partial charge in [0.05, 0.1) is 7.11 Å². The predicted octanol–water partition coefficient (Wildman–Crippen LogP) is 3.62. The van der Waals surface area contributed by atoms with E-state index in [0.29, 0.717) is 5.92 Å². The Morgan fingerprint density at radius 1 is 1.24 bits per heavy atom. The summed E-state index contributed by atoms with van der Waals surface area (Å²) < 4.78 is 6.72. The van der Waals surface area contributed by atoms with Crippen molar-refractivity contribution in [3.8, 4) is 5.75 Å². The van der Waals surface area contributed by atoms with Gasteiger partial charge in [-0.3, -0.25) is 0 Å². The summed E-state index contributed by atoms with van der Waals surface area (Å²) in [5, 5.41) is 0. The molecule has 0 aromatic heterocycles. The van der Waals surface area contributed by atoms with Gasteiger partial charge in [-0.15, -0.1) is 0 Å². The van der Waals surface area contributed by atoms with Crippen molar-refractivity contribution in [3.05, 3.63) is 40.9 Å². The van der Waals surface area contributed by atoms with E-state index in [9.17, 15) is 0 Å². The van der Waals surface area contributed by atoms with Crippen molar-refractivity contribution in [2.45, 2.75) is 39.0 Å². The minimum Gasteiger partial charge on any atom is -0.497 e. The van der Waals surface area contributed by atoms with Crippen LogP contribution in [0.4, 0.5) is 0 Å². The monoisotopic (exact) mass is 307 g/mol. The van der Waals surface area contributed by atoms with Gasteiger partial charge in [0, 0.05) is 11.1 Å². The number of ether oxygens (including phenoxy) is 1. The number of benzene rings is 1. The summed E-state index contributed by atoms with van der Waals surface area (Å²) in [4.78, 5) is 1.33. The van der Waals surface area contributed by atoms with Crippen LogP contribution < -0.4 is 16.0 Å². The van der Waals surface area contributed by atoms with E-state index in [1.807, 2.05) is 18.3 Å². The molecule has 2 rings (SSSR count). The van der Waals surface area contributed by atoms with Crippen molar-refractivity contribution >= 4 is 11.9 Å². The molecule has 5 heteroatoms. The molecule has 0 amide bonds. The lowest BCUT2D eigenvalue weighted by Gasteiger charge is -2.12. The van der Waals surface area contributed by atoms with Gasteiger partial charge >= 0.3 is 0 Å². The van der Waals surface area contributed by atoms with Gasteiger partial charge in [-0.25, -0.2) is 5.84 Å². The fourth-order valence-electron chi connectivity index (χ4n) is 2.42. The number of allylic oxidation sites excluding steroid dienone is 1. The SMILES string of the molecule is COc1ccc(CCCCCC(C)C2=CNN(N)S2)cc1. The molecule has 1 unspecified atom stereocenters. The summed E-state index contributed by atoms with van der Waals surface area (Å²) in [6.45, 7) is 2.27. The van der Waals surface area contributed by atoms with Gasteiger partial charge in [-0.1, -0.05) is 36.4 Å². The fourth-order valence-corrected chi connectivity index (χ4v) is 3.15. The molecule has 4 nitrogen and oxygen atoms in total. The van der Waals surface area contributed by atoms with E-state index in [2.05, 4.69) is 24.5 Å². The van der Waals surface area contributed by atoms with Crippen LogP contribution in [-0.4, -0.2) is 11.6 Å². The third-order valence-electron chi connectivity index (χ3n) is 3.79. The zero-order valence-corrected chi connectivity index (χ0v) is 13.7. The fraction of sp³-hybridized carbons (Fsp3) is 0.500. The molecular weight excluding hydrogens is 282 g/mol. The normalized spacial score (nSPS) is 16.4. The summed E-state index contributed by atoms with van der Waals surface area (Å²) in [6.07, 6.45) is 8.15. The molecule has 116 valence electrons. The summed E-state index contributed by atoms with van der Waals surface area (Å²) in [6, 6.07) is 8.38. The van der Waals surface area contributed by atoms with Crippen LogP contribution in [0, 0.1) is 5.92 Å². The van der Waals surface area contributed by atoms with Crippen LogP contribution in [0.3, 0.4) is 0 Å². The van der Waals surface area contributed by atoms with Crippen LogP contribution in [0.25, 0.3) is 0 Å². The van der Waals surface area contributed by atoms with Crippen molar-refractivity contribution in [1.29, 1.82) is 0 Å². The largest absolute Gasteiger partial charge is 0.497 e. The molecule has 0 bridgehead atoms. The molecule has 0 radical (unpaired) electrons. The van der Waals surface area contributed by atoms with E-state index >= 15 is 0 Å². The first kappa shape index (κ1) is 16.2.